The molecule has 0 aliphatic heterocycles. The predicted molar refractivity (Wildman–Crippen MR) is 126 cm³/mol. The Bertz CT molecular complexity index is 1210. The summed E-state index contributed by atoms with van der Waals surface area (Å²) in [4.78, 5) is 26.0. The minimum absolute atomic E-state index is 0.272. The molecule has 10 heteroatoms. The van der Waals surface area contributed by atoms with E-state index >= 15 is 0 Å². The fraction of sp³-hybridized carbons (Fsp3) is 0.182. The standard InChI is InChI=1S/C22H20BrN7OS/c1-14-10-15(2)27-22(26-14)32-13-19-20(21(31)25-12-16-4-3-9-24-11-16)28-29-30(19)18-7-5-17(23)6-8-18/h3-11H,12-13H2,1-2H3,(H,25,31). The monoisotopic (exact) mass is 509 g/mol. The average molecular weight is 510 g/mol. The van der Waals surface area contributed by atoms with Crippen LogP contribution in [0.25, 0.3) is 5.69 Å². The first-order chi connectivity index (χ1) is 15.5. The van der Waals surface area contributed by atoms with E-state index in [1.165, 1.54) is 11.8 Å². The van der Waals surface area contributed by atoms with E-state index in [1.807, 2.05) is 56.3 Å². The summed E-state index contributed by atoms with van der Waals surface area (Å²) in [5.74, 6) is 0.135. The van der Waals surface area contributed by atoms with Crippen molar-refractivity contribution >= 4 is 33.6 Å². The highest BCUT2D eigenvalue weighted by Crippen LogP contribution is 2.24. The highest BCUT2D eigenvalue weighted by atomic mass is 79.9. The maximum atomic E-state index is 13.0. The van der Waals surface area contributed by atoms with Crippen molar-refractivity contribution in [2.45, 2.75) is 31.3 Å². The third kappa shape index (κ3) is 5.38. The van der Waals surface area contributed by atoms with Gasteiger partial charge >= 0.3 is 0 Å². The van der Waals surface area contributed by atoms with Gasteiger partial charge in [-0.3, -0.25) is 9.78 Å². The van der Waals surface area contributed by atoms with Crippen LogP contribution in [0, 0.1) is 13.8 Å². The van der Waals surface area contributed by atoms with Crippen LogP contribution in [0.5, 0.6) is 0 Å². The van der Waals surface area contributed by atoms with Gasteiger partial charge in [-0.25, -0.2) is 14.6 Å². The molecule has 0 atom stereocenters. The third-order valence-electron chi connectivity index (χ3n) is 4.53. The maximum absolute atomic E-state index is 13.0. The normalized spacial score (nSPS) is 10.8. The summed E-state index contributed by atoms with van der Waals surface area (Å²) in [5.41, 5.74) is 4.45. The Morgan fingerprint density at radius 1 is 1.12 bits per heavy atom. The Labute approximate surface area is 198 Å². The van der Waals surface area contributed by atoms with Crippen LogP contribution in [-0.4, -0.2) is 35.9 Å². The molecule has 0 saturated heterocycles. The number of aromatic nitrogens is 6. The van der Waals surface area contributed by atoms with Crippen molar-refractivity contribution in [3.05, 3.63) is 87.7 Å². The number of carbonyl (C=O) groups excluding carboxylic acids is 1. The van der Waals surface area contributed by atoms with E-state index in [1.54, 1.807) is 17.1 Å². The van der Waals surface area contributed by atoms with Crippen LogP contribution >= 0.6 is 27.7 Å². The van der Waals surface area contributed by atoms with Crippen LogP contribution in [0.3, 0.4) is 0 Å². The summed E-state index contributed by atoms with van der Waals surface area (Å²) in [6.45, 7) is 4.22. The molecule has 32 heavy (non-hydrogen) atoms. The van der Waals surface area contributed by atoms with Gasteiger partial charge in [-0.05, 0) is 55.8 Å². The Kier molecular flexibility index (Phi) is 6.91. The van der Waals surface area contributed by atoms with Crippen molar-refractivity contribution in [3.8, 4) is 5.69 Å². The number of halogens is 1. The molecule has 8 nitrogen and oxygen atoms in total. The zero-order valence-electron chi connectivity index (χ0n) is 17.5. The van der Waals surface area contributed by atoms with E-state index < -0.39 is 0 Å². The van der Waals surface area contributed by atoms with E-state index in [-0.39, 0.29) is 11.6 Å². The summed E-state index contributed by atoms with van der Waals surface area (Å²) in [7, 11) is 0. The van der Waals surface area contributed by atoms with E-state index in [9.17, 15) is 4.79 Å². The molecule has 0 radical (unpaired) electrons. The van der Waals surface area contributed by atoms with Gasteiger partial charge in [-0.15, -0.1) is 5.10 Å². The first-order valence-corrected chi connectivity index (χ1v) is 11.6. The van der Waals surface area contributed by atoms with Gasteiger partial charge in [0.1, 0.15) is 0 Å². The number of nitrogens with one attached hydrogen (secondary N) is 1. The Morgan fingerprint density at radius 2 is 1.88 bits per heavy atom. The SMILES string of the molecule is Cc1cc(C)nc(SCc2c(C(=O)NCc3cccnc3)nnn2-c2ccc(Br)cc2)n1. The second kappa shape index (κ2) is 10.0. The van der Waals surface area contributed by atoms with Gasteiger partial charge in [0.15, 0.2) is 10.9 Å². The first kappa shape index (κ1) is 22.1. The third-order valence-corrected chi connectivity index (χ3v) is 5.91. The van der Waals surface area contributed by atoms with Crippen LogP contribution in [-0.2, 0) is 12.3 Å². The van der Waals surface area contributed by atoms with Crippen LogP contribution in [0.4, 0.5) is 0 Å². The van der Waals surface area contributed by atoms with Crippen LogP contribution in [0.2, 0.25) is 0 Å². The summed E-state index contributed by atoms with van der Waals surface area (Å²) >= 11 is 4.89. The van der Waals surface area contributed by atoms with Crippen LogP contribution in [0.1, 0.15) is 33.1 Å². The van der Waals surface area contributed by atoms with E-state index in [2.05, 4.69) is 46.5 Å². The van der Waals surface area contributed by atoms with Crippen LogP contribution < -0.4 is 5.32 Å². The predicted octanol–water partition coefficient (Wildman–Crippen LogP) is 4.05. The molecule has 0 fully saturated rings. The van der Waals surface area contributed by atoms with Gasteiger partial charge in [0.2, 0.25) is 0 Å². The van der Waals surface area contributed by atoms with Gasteiger partial charge in [0, 0.05) is 40.6 Å². The molecule has 0 spiro atoms. The number of rotatable bonds is 7. The molecule has 4 rings (SSSR count). The molecule has 0 unspecified atom stereocenters. The molecule has 0 aliphatic rings. The van der Waals surface area contributed by atoms with E-state index in [0.717, 1.165) is 27.1 Å². The molecule has 0 bridgehead atoms. The molecule has 1 amide bonds. The molecule has 1 N–H and O–H groups in total. The second-order valence-electron chi connectivity index (χ2n) is 7.04. The fourth-order valence-electron chi connectivity index (χ4n) is 3.06. The van der Waals surface area contributed by atoms with Crippen molar-refractivity contribution < 1.29 is 4.79 Å². The second-order valence-corrected chi connectivity index (χ2v) is 8.90. The quantitative estimate of drug-likeness (QED) is 0.296. The molecular formula is C22H20BrN7OS. The van der Waals surface area contributed by atoms with E-state index in [0.29, 0.717) is 23.1 Å². The number of nitrogens with zero attached hydrogens (tertiary/aromatic N) is 6. The molecule has 0 aliphatic carbocycles. The van der Waals surface area contributed by atoms with Crippen molar-refractivity contribution in [1.29, 1.82) is 0 Å². The van der Waals surface area contributed by atoms with Gasteiger partial charge in [-0.2, -0.15) is 0 Å². The molecule has 1 aromatic carbocycles. The Balaban J connectivity index is 1.61. The summed E-state index contributed by atoms with van der Waals surface area (Å²) < 4.78 is 2.64. The number of hydrogen-bond donors (Lipinski definition) is 1. The van der Waals surface area contributed by atoms with Crippen molar-refractivity contribution in [2.75, 3.05) is 0 Å². The number of thioether (sulfide) groups is 1. The highest BCUT2D eigenvalue weighted by Gasteiger charge is 2.21. The number of benzene rings is 1. The van der Waals surface area contributed by atoms with Crippen molar-refractivity contribution in [3.63, 3.8) is 0 Å². The first-order valence-electron chi connectivity index (χ1n) is 9.82. The lowest BCUT2D eigenvalue weighted by Gasteiger charge is -2.09. The number of aryl methyl sites for hydroxylation is 2. The lowest BCUT2D eigenvalue weighted by Crippen LogP contribution is -2.24. The Morgan fingerprint density at radius 3 is 2.56 bits per heavy atom. The summed E-state index contributed by atoms with van der Waals surface area (Å²) in [5, 5.41) is 12.0. The smallest absolute Gasteiger partial charge is 0.274 e. The number of hydrogen-bond acceptors (Lipinski definition) is 7. The number of carbonyl (C=O) groups is 1. The maximum Gasteiger partial charge on any atom is 0.274 e. The largest absolute Gasteiger partial charge is 0.346 e. The van der Waals surface area contributed by atoms with Crippen molar-refractivity contribution in [2.24, 2.45) is 0 Å². The number of amides is 1. The minimum atomic E-state index is -0.297. The zero-order valence-corrected chi connectivity index (χ0v) is 19.9. The molecule has 3 heterocycles. The molecule has 4 aromatic rings. The van der Waals surface area contributed by atoms with Gasteiger partial charge in [0.05, 0.1) is 11.4 Å². The highest BCUT2D eigenvalue weighted by molar-refractivity contribution is 9.10. The topological polar surface area (TPSA) is 98.5 Å². The minimum Gasteiger partial charge on any atom is -0.346 e. The average Bonchev–Trinajstić information content (AvgIpc) is 3.20. The van der Waals surface area contributed by atoms with Gasteiger partial charge in [-0.1, -0.05) is 39.0 Å². The van der Waals surface area contributed by atoms with Crippen LogP contribution in [0.15, 0.2) is 64.5 Å². The van der Waals surface area contributed by atoms with Gasteiger partial charge in [0.25, 0.3) is 5.91 Å². The summed E-state index contributed by atoms with van der Waals surface area (Å²) in [6, 6.07) is 13.3. The molecule has 0 saturated carbocycles. The number of pyridine rings is 1. The summed E-state index contributed by atoms with van der Waals surface area (Å²) in [6.07, 6.45) is 3.41. The van der Waals surface area contributed by atoms with Gasteiger partial charge < -0.3 is 5.32 Å². The molecular weight excluding hydrogens is 490 g/mol. The van der Waals surface area contributed by atoms with Crippen molar-refractivity contribution in [1.82, 2.24) is 35.3 Å². The Hall–Kier alpha value is -3.11. The zero-order chi connectivity index (χ0) is 22.5. The lowest BCUT2D eigenvalue weighted by atomic mass is 10.2. The molecule has 3 aromatic heterocycles. The fourth-order valence-corrected chi connectivity index (χ4v) is 4.26. The lowest BCUT2D eigenvalue weighted by molar-refractivity contribution is 0.0945. The molecule has 162 valence electrons. The van der Waals surface area contributed by atoms with E-state index in [4.69, 9.17) is 0 Å².